The van der Waals surface area contributed by atoms with E-state index in [2.05, 4.69) is 0 Å². The van der Waals surface area contributed by atoms with Crippen molar-refractivity contribution in [2.24, 2.45) is 0 Å². The molecule has 23 heavy (non-hydrogen) atoms. The summed E-state index contributed by atoms with van der Waals surface area (Å²) in [6.07, 6.45) is 3.56. The molecule has 0 heterocycles. The van der Waals surface area contributed by atoms with Gasteiger partial charge in [0.1, 0.15) is 25.9 Å². The van der Waals surface area contributed by atoms with Crippen molar-refractivity contribution in [3.8, 4) is 0 Å². The molecule has 0 aromatic carbocycles. The summed E-state index contributed by atoms with van der Waals surface area (Å²) in [5, 5.41) is 9.69. The van der Waals surface area contributed by atoms with Crippen molar-refractivity contribution >= 4 is 13.6 Å². The molecule has 0 rings (SSSR count). The molecule has 0 aromatic rings. The monoisotopic (exact) mass is 352 g/mol. The summed E-state index contributed by atoms with van der Waals surface area (Å²) in [6, 6.07) is 0. The molecule has 0 radical (unpaired) electrons. The molecule has 0 bridgehead atoms. The van der Waals surface area contributed by atoms with Gasteiger partial charge in [0, 0.05) is 6.66 Å². The molecule has 136 valence electrons. The largest absolute Gasteiger partial charge is 0.463 e. The molecule has 0 aliphatic heterocycles. The Kier molecular flexibility index (Phi) is 10.6. The first-order chi connectivity index (χ1) is 10.6. The van der Waals surface area contributed by atoms with Gasteiger partial charge in [-0.25, -0.2) is 0 Å². The molecule has 0 saturated carbocycles. The van der Waals surface area contributed by atoms with E-state index in [0.29, 0.717) is 17.6 Å². The number of esters is 1. The minimum atomic E-state index is -3.22. The Balaban J connectivity index is 3.93. The number of hydrogen-bond donors (Lipinski definition) is 1. The van der Waals surface area contributed by atoms with Crippen LogP contribution in [0.4, 0.5) is 0 Å². The van der Waals surface area contributed by atoms with Gasteiger partial charge in [-0.1, -0.05) is 19.1 Å². The lowest BCUT2D eigenvalue weighted by Crippen LogP contribution is -2.37. The fourth-order valence-corrected chi connectivity index (χ4v) is 2.31. The molecule has 0 aliphatic rings. The predicted octanol–water partition coefficient (Wildman–Crippen LogP) is 1.81. The summed E-state index contributed by atoms with van der Waals surface area (Å²) in [4.78, 5) is 11.4. The van der Waals surface area contributed by atoms with Gasteiger partial charge in [-0.05, 0) is 6.42 Å². The Bertz CT molecular complexity index is 419. The maximum atomic E-state index is 12.0. The fourth-order valence-electron chi connectivity index (χ4n) is 1.38. The summed E-state index contributed by atoms with van der Waals surface area (Å²) in [5.41, 5.74) is 0. The van der Waals surface area contributed by atoms with E-state index in [1.54, 1.807) is 6.08 Å². The number of hydrogen-bond acceptors (Lipinski definition) is 6. The van der Waals surface area contributed by atoms with Gasteiger partial charge in [-0.2, -0.15) is 0 Å². The number of allylic oxidation sites excluding steroid dienone is 1. The molecule has 8 heteroatoms. The number of likely N-dealkylation sites (N-methyl/N-ethyl adjacent to an activating group) is 1. The van der Waals surface area contributed by atoms with Gasteiger partial charge in [0.05, 0.1) is 34.2 Å². The van der Waals surface area contributed by atoms with E-state index < -0.39 is 19.7 Å². The van der Waals surface area contributed by atoms with Crippen molar-refractivity contribution < 1.29 is 32.7 Å². The zero-order valence-corrected chi connectivity index (χ0v) is 15.8. The zero-order chi connectivity index (χ0) is 17.9. The highest BCUT2D eigenvalue weighted by molar-refractivity contribution is 7.52. The van der Waals surface area contributed by atoms with E-state index in [-0.39, 0.29) is 19.6 Å². The lowest BCUT2D eigenvalue weighted by atomic mass is 10.3. The van der Waals surface area contributed by atoms with Crippen LogP contribution in [0.2, 0.25) is 0 Å². The lowest BCUT2D eigenvalue weighted by Gasteiger charge is -2.24. The first kappa shape index (κ1) is 22.3. The number of carbonyl (C=O) groups is 1. The second kappa shape index (κ2) is 10.9. The molecule has 0 fully saturated rings. The lowest BCUT2D eigenvalue weighted by molar-refractivity contribution is -0.870. The number of rotatable bonds is 12. The van der Waals surface area contributed by atoms with Crippen molar-refractivity contribution in [3.63, 3.8) is 0 Å². The maximum absolute atomic E-state index is 12.0. The van der Waals surface area contributed by atoms with Gasteiger partial charge in [0.25, 0.3) is 0 Å². The van der Waals surface area contributed by atoms with Crippen molar-refractivity contribution in [2.45, 2.75) is 25.9 Å². The van der Waals surface area contributed by atoms with Gasteiger partial charge in [0.15, 0.2) is 0 Å². The number of aliphatic hydroxyl groups excluding tert-OH is 1. The van der Waals surface area contributed by atoms with Crippen LogP contribution in [-0.4, -0.2) is 75.8 Å². The average molecular weight is 352 g/mol. The summed E-state index contributed by atoms with van der Waals surface area (Å²) in [6.45, 7) is 3.90. The molecule has 2 atom stereocenters. The molecule has 0 aliphatic carbocycles. The topological polar surface area (TPSA) is 82.1 Å². The van der Waals surface area contributed by atoms with Crippen molar-refractivity contribution in [1.82, 2.24) is 0 Å². The van der Waals surface area contributed by atoms with E-state index in [1.807, 2.05) is 34.1 Å². The Labute approximate surface area is 139 Å². The van der Waals surface area contributed by atoms with Crippen LogP contribution in [-0.2, 0) is 23.1 Å². The quantitative estimate of drug-likeness (QED) is 0.250. The highest BCUT2D eigenvalue weighted by Gasteiger charge is 2.21. The molecule has 1 N–H and O–H groups in total. The van der Waals surface area contributed by atoms with Gasteiger partial charge < -0.3 is 23.4 Å². The number of ether oxygens (including phenoxy) is 1. The molecule has 0 spiro atoms. The van der Waals surface area contributed by atoms with Crippen LogP contribution < -0.4 is 0 Å². The third kappa shape index (κ3) is 14.6. The van der Waals surface area contributed by atoms with Crippen LogP contribution >= 0.6 is 7.60 Å². The van der Waals surface area contributed by atoms with E-state index in [0.717, 1.165) is 6.42 Å². The van der Waals surface area contributed by atoms with Crippen LogP contribution in [0, 0.1) is 0 Å². The third-order valence-electron chi connectivity index (χ3n) is 2.71. The predicted molar refractivity (Wildman–Crippen MR) is 89.3 cm³/mol. The fraction of sp³-hybridized carbons (Fsp3) is 0.800. The van der Waals surface area contributed by atoms with Crippen LogP contribution in [0.3, 0.4) is 0 Å². The minimum Gasteiger partial charge on any atom is -0.463 e. The summed E-state index contributed by atoms with van der Waals surface area (Å²) in [5.74, 6) is -0.423. The molecule has 0 amide bonds. The Morgan fingerprint density at radius 3 is 2.43 bits per heavy atom. The minimum absolute atomic E-state index is 0.169. The van der Waals surface area contributed by atoms with Gasteiger partial charge in [-0.3, -0.25) is 9.36 Å². The summed E-state index contributed by atoms with van der Waals surface area (Å²) >= 11 is 0. The maximum Gasteiger partial charge on any atom is 0.327 e. The van der Waals surface area contributed by atoms with Crippen LogP contribution in [0.15, 0.2) is 12.2 Å². The second-order valence-electron chi connectivity index (χ2n) is 6.33. The molecular formula is C15H31NO6P+. The third-order valence-corrected chi connectivity index (χ3v) is 3.98. The van der Waals surface area contributed by atoms with Crippen LogP contribution in [0.5, 0.6) is 0 Å². The Hall–Kier alpha value is -0.720. The molecule has 7 nitrogen and oxygen atoms in total. The average Bonchev–Trinajstić information content (AvgIpc) is 2.41. The number of quaternary nitrogens is 1. The first-order valence-electron chi connectivity index (χ1n) is 7.71. The number of carbonyl (C=O) groups excluding carboxylic acids is 1. The SMILES string of the molecule is CC/C=C\CC(=O)OCC(O)COP(C)(=O)OCC[N+](C)(C)C. The standard InChI is InChI=1S/C15H31NO6P/c1-6-7-8-9-15(18)20-12-14(17)13-22-23(5,19)21-11-10-16(2,3)4/h7-8,14,17H,6,9-13H2,1-5H3/q+1/b8-7-. The normalized spacial score (nSPS) is 16.3. The number of aliphatic hydroxyl groups is 1. The zero-order valence-electron chi connectivity index (χ0n) is 14.9. The van der Waals surface area contributed by atoms with Crippen molar-refractivity contribution in [1.29, 1.82) is 0 Å². The van der Waals surface area contributed by atoms with E-state index in [9.17, 15) is 14.5 Å². The Morgan fingerprint density at radius 2 is 1.87 bits per heavy atom. The highest BCUT2D eigenvalue weighted by Crippen LogP contribution is 2.43. The summed E-state index contributed by atoms with van der Waals surface area (Å²) < 4.78 is 28.0. The van der Waals surface area contributed by atoms with Crippen LogP contribution in [0.1, 0.15) is 19.8 Å². The summed E-state index contributed by atoms with van der Waals surface area (Å²) in [7, 11) is 2.77. The number of nitrogens with zero attached hydrogens (tertiary/aromatic N) is 1. The highest BCUT2D eigenvalue weighted by atomic mass is 31.2. The second-order valence-corrected chi connectivity index (χ2v) is 8.39. The molecule has 2 unspecified atom stereocenters. The van der Waals surface area contributed by atoms with Crippen molar-refractivity contribution in [3.05, 3.63) is 12.2 Å². The molecule has 0 saturated heterocycles. The Morgan fingerprint density at radius 1 is 1.22 bits per heavy atom. The van der Waals surface area contributed by atoms with Gasteiger partial charge in [-0.15, -0.1) is 0 Å². The molecular weight excluding hydrogens is 321 g/mol. The first-order valence-corrected chi connectivity index (χ1v) is 9.70. The molecule has 0 aromatic heterocycles. The van der Waals surface area contributed by atoms with Crippen LogP contribution in [0.25, 0.3) is 0 Å². The van der Waals surface area contributed by atoms with E-state index in [4.69, 9.17) is 13.8 Å². The van der Waals surface area contributed by atoms with Crippen molar-refractivity contribution in [2.75, 3.05) is 54.2 Å². The van der Waals surface area contributed by atoms with E-state index in [1.165, 1.54) is 6.66 Å². The van der Waals surface area contributed by atoms with Gasteiger partial charge in [0.2, 0.25) is 0 Å². The van der Waals surface area contributed by atoms with Gasteiger partial charge >= 0.3 is 13.6 Å². The smallest absolute Gasteiger partial charge is 0.327 e. The van der Waals surface area contributed by atoms with E-state index >= 15 is 0 Å².